The van der Waals surface area contributed by atoms with E-state index in [-0.39, 0.29) is 0 Å². The number of aromatic nitrogens is 1. The Morgan fingerprint density at radius 2 is 2.42 bits per heavy atom. The van der Waals surface area contributed by atoms with Crippen LogP contribution in [0.15, 0.2) is 3.79 Å². The zero-order chi connectivity index (χ0) is 8.55. The number of hydrogen-bond acceptors (Lipinski definition) is 3. The van der Waals surface area contributed by atoms with E-state index in [1.165, 1.54) is 17.8 Å². The Balaban J connectivity index is 1.93. The standard InChI is InChI=1S/C8H11BrN2S/c1-5-8(9)12-7(11-5)4-10-6-2-3-6/h6,10H,2-4H2,1H3. The van der Waals surface area contributed by atoms with Gasteiger partial charge in [0.25, 0.3) is 0 Å². The number of thiazole rings is 1. The molecule has 0 atom stereocenters. The number of aryl methyl sites for hydroxylation is 1. The van der Waals surface area contributed by atoms with Crippen molar-refractivity contribution in [3.05, 3.63) is 14.5 Å². The molecule has 0 unspecified atom stereocenters. The summed E-state index contributed by atoms with van der Waals surface area (Å²) < 4.78 is 1.16. The average molecular weight is 247 g/mol. The summed E-state index contributed by atoms with van der Waals surface area (Å²) in [7, 11) is 0. The van der Waals surface area contributed by atoms with E-state index in [9.17, 15) is 0 Å². The predicted octanol–water partition coefficient (Wildman–Crippen LogP) is 2.47. The summed E-state index contributed by atoms with van der Waals surface area (Å²) in [5, 5.41) is 4.63. The van der Waals surface area contributed by atoms with Crippen LogP contribution in [-0.4, -0.2) is 11.0 Å². The van der Waals surface area contributed by atoms with Crippen LogP contribution in [0.1, 0.15) is 23.5 Å². The van der Waals surface area contributed by atoms with Crippen molar-refractivity contribution in [1.82, 2.24) is 10.3 Å². The van der Waals surface area contributed by atoms with Crippen LogP contribution in [0.25, 0.3) is 0 Å². The van der Waals surface area contributed by atoms with E-state index in [1.807, 2.05) is 6.92 Å². The molecule has 2 nitrogen and oxygen atoms in total. The molecule has 1 aliphatic carbocycles. The second-order valence-electron chi connectivity index (χ2n) is 3.12. The molecule has 12 heavy (non-hydrogen) atoms. The van der Waals surface area contributed by atoms with Crippen molar-refractivity contribution < 1.29 is 0 Å². The minimum atomic E-state index is 0.771. The Hall–Kier alpha value is 0.0700. The molecule has 0 amide bonds. The van der Waals surface area contributed by atoms with Gasteiger partial charge < -0.3 is 5.32 Å². The molecular formula is C8H11BrN2S. The molecule has 0 spiro atoms. The summed E-state index contributed by atoms with van der Waals surface area (Å²) in [6.07, 6.45) is 2.68. The van der Waals surface area contributed by atoms with Gasteiger partial charge in [0.05, 0.1) is 9.48 Å². The molecule has 1 N–H and O–H groups in total. The highest BCUT2D eigenvalue weighted by atomic mass is 79.9. The van der Waals surface area contributed by atoms with E-state index in [0.29, 0.717) is 0 Å². The minimum absolute atomic E-state index is 0.771. The summed E-state index contributed by atoms with van der Waals surface area (Å²) in [5.74, 6) is 0. The summed E-state index contributed by atoms with van der Waals surface area (Å²) in [6, 6.07) is 0.771. The van der Waals surface area contributed by atoms with Crippen molar-refractivity contribution in [1.29, 1.82) is 0 Å². The molecule has 0 aromatic carbocycles. The van der Waals surface area contributed by atoms with Gasteiger partial charge in [-0.2, -0.15) is 0 Å². The van der Waals surface area contributed by atoms with E-state index < -0.39 is 0 Å². The van der Waals surface area contributed by atoms with E-state index in [2.05, 4.69) is 26.2 Å². The number of nitrogens with one attached hydrogen (secondary N) is 1. The molecule has 0 aliphatic heterocycles. The van der Waals surface area contributed by atoms with Gasteiger partial charge in [-0.25, -0.2) is 4.98 Å². The number of rotatable bonds is 3. The highest BCUT2D eigenvalue weighted by molar-refractivity contribution is 9.11. The zero-order valence-corrected chi connectivity index (χ0v) is 9.33. The summed E-state index contributed by atoms with van der Waals surface area (Å²) >= 11 is 5.19. The van der Waals surface area contributed by atoms with E-state index in [4.69, 9.17) is 0 Å². The fraction of sp³-hybridized carbons (Fsp3) is 0.625. The Kier molecular flexibility index (Phi) is 2.48. The molecule has 66 valence electrons. The zero-order valence-electron chi connectivity index (χ0n) is 6.93. The van der Waals surface area contributed by atoms with Gasteiger partial charge in [0.15, 0.2) is 0 Å². The molecule has 2 rings (SSSR count). The Bertz CT molecular complexity index is 261. The first-order valence-corrected chi connectivity index (χ1v) is 5.72. The molecule has 1 aliphatic rings. The fourth-order valence-corrected chi connectivity index (χ4v) is 2.41. The molecule has 1 aromatic rings. The topological polar surface area (TPSA) is 24.9 Å². The third-order valence-electron chi connectivity index (χ3n) is 1.90. The predicted molar refractivity (Wildman–Crippen MR) is 54.4 cm³/mol. The number of hydrogen-bond donors (Lipinski definition) is 1. The van der Waals surface area contributed by atoms with Crippen LogP contribution in [0.4, 0.5) is 0 Å². The number of halogens is 1. The van der Waals surface area contributed by atoms with Gasteiger partial charge in [-0.1, -0.05) is 0 Å². The quantitative estimate of drug-likeness (QED) is 0.887. The first-order chi connectivity index (χ1) is 5.75. The van der Waals surface area contributed by atoms with Crippen molar-refractivity contribution in [2.75, 3.05) is 0 Å². The third-order valence-corrected chi connectivity index (χ3v) is 3.91. The lowest BCUT2D eigenvalue weighted by Crippen LogP contribution is -2.14. The van der Waals surface area contributed by atoms with Crippen LogP contribution in [0.5, 0.6) is 0 Å². The first-order valence-electron chi connectivity index (χ1n) is 4.11. The van der Waals surface area contributed by atoms with Crippen LogP contribution < -0.4 is 5.32 Å². The van der Waals surface area contributed by atoms with Crippen LogP contribution in [-0.2, 0) is 6.54 Å². The van der Waals surface area contributed by atoms with E-state index in [1.54, 1.807) is 11.3 Å². The van der Waals surface area contributed by atoms with Crippen molar-refractivity contribution in [3.8, 4) is 0 Å². The van der Waals surface area contributed by atoms with Crippen molar-refractivity contribution in [2.45, 2.75) is 32.4 Å². The van der Waals surface area contributed by atoms with Crippen LogP contribution >= 0.6 is 27.3 Å². The maximum atomic E-state index is 4.42. The molecule has 1 heterocycles. The smallest absolute Gasteiger partial charge is 0.108 e. The monoisotopic (exact) mass is 246 g/mol. The Labute approximate surface area is 84.5 Å². The van der Waals surface area contributed by atoms with E-state index in [0.717, 1.165) is 22.1 Å². The molecular weight excluding hydrogens is 236 g/mol. The molecule has 0 radical (unpaired) electrons. The van der Waals surface area contributed by atoms with Gasteiger partial charge in [0.1, 0.15) is 5.01 Å². The summed E-state index contributed by atoms with van der Waals surface area (Å²) in [6.45, 7) is 2.96. The van der Waals surface area contributed by atoms with E-state index >= 15 is 0 Å². The molecule has 1 fully saturated rings. The lowest BCUT2D eigenvalue weighted by molar-refractivity contribution is 0.683. The van der Waals surface area contributed by atoms with Gasteiger partial charge in [-0.05, 0) is 35.7 Å². The molecule has 0 saturated heterocycles. The van der Waals surface area contributed by atoms with Crippen molar-refractivity contribution >= 4 is 27.3 Å². The van der Waals surface area contributed by atoms with Crippen molar-refractivity contribution in [3.63, 3.8) is 0 Å². The number of nitrogens with zero attached hydrogens (tertiary/aromatic N) is 1. The largest absolute Gasteiger partial charge is 0.308 e. The van der Waals surface area contributed by atoms with Gasteiger partial charge in [0.2, 0.25) is 0 Å². The molecule has 4 heteroatoms. The average Bonchev–Trinajstić information content (AvgIpc) is 2.78. The summed E-state index contributed by atoms with van der Waals surface area (Å²) in [5.41, 5.74) is 1.10. The van der Waals surface area contributed by atoms with Crippen LogP contribution in [0.3, 0.4) is 0 Å². The van der Waals surface area contributed by atoms with Gasteiger partial charge in [0, 0.05) is 12.6 Å². The Morgan fingerprint density at radius 3 is 2.92 bits per heavy atom. The highest BCUT2D eigenvalue weighted by Gasteiger charge is 2.20. The minimum Gasteiger partial charge on any atom is -0.308 e. The fourth-order valence-electron chi connectivity index (χ4n) is 1.03. The van der Waals surface area contributed by atoms with Gasteiger partial charge in [-0.3, -0.25) is 0 Å². The normalized spacial score (nSPS) is 16.8. The second kappa shape index (κ2) is 3.44. The molecule has 1 saturated carbocycles. The maximum Gasteiger partial charge on any atom is 0.108 e. The Morgan fingerprint density at radius 1 is 1.67 bits per heavy atom. The molecule has 1 aromatic heterocycles. The first kappa shape index (κ1) is 8.66. The lowest BCUT2D eigenvalue weighted by atomic mass is 10.5. The van der Waals surface area contributed by atoms with Crippen LogP contribution in [0.2, 0.25) is 0 Å². The van der Waals surface area contributed by atoms with Crippen LogP contribution in [0, 0.1) is 6.92 Å². The maximum absolute atomic E-state index is 4.42. The molecule has 0 bridgehead atoms. The lowest BCUT2D eigenvalue weighted by Gasteiger charge is -1.96. The van der Waals surface area contributed by atoms with Gasteiger partial charge >= 0.3 is 0 Å². The third kappa shape index (κ3) is 2.06. The highest BCUT2D eigenvalue weighted by Crippen LogP contribution is 2.25. The summed E-state index contributed by atoms with van der Waals surface area (Å²) in [4.78, 5) is 4.42. The second-order valence-corrected chi connectivity index (χ2v) is 5.52. The van der Waals surface area contributed by atoms with Gasteiger partial charge in [-0.15, -0.1) is 11.3 Å². The SMILES string of the molecule is Cc1nc(CNC2CC2)sc1Br. The van der Waals surface area contributed by atoms with Crippen molar-refractivity contribution in [2.24, 2.45) is 0 Å².